The second-order valence-corrected chi connectivity index (χ2v) is 4.39. The first kappa shape index (κ1) is 15.8. The van der Waals surface area contributed by atoms with Crippen LogP contribution < -0.4 is 5.32 Å². The summed E-state index contributed by atoms with van der Waals surface area (Å²) in [5, 5.41) is 33.4. The molecule has 0 radical (unpaired) electrons. The van der Waals surface area contributed by atoms with Gasteiger partial charge in [0.05, 0.1) is 15.9 Å². The van der Waals surface area contributed by atoms with E-state index in [1.807, 2.05) is 6.92 Å². The normalized spacial score (nSPS) is 11.9. The van der Waals surface area contributed by atoms with Crippen LogP contribution in [0.15, 0.2) is 18.2 Å². The molecule has 0 bridgehead atoms. The first-order valence-corrected chi connectivity index (χ1v) is 6.27. The third-order valence-corrected chi connectivity index (χ3v) is 3.09. The number of hydrogen-bond acceptors (Lipinski definition) is 6. The number of nitrogens with zero attached hydrogens (tertiary/aromatic N) is 2. The first-order chi connectivity index (χ1) is 9.49. The Kier molecular flexibility index (Phi) is 5.85. The molecule has 1 unspecified atom stereocenters. The number of aliphatic hydroxyl groups is 1. The monoisotopic (exact) mass is 283 g/mol. The Labute approximate surface area is 115 Å². The van der Waals surface area contributed by atoms with E-state index in [0.29, 0.717) is 13.0 Å². The average molecular weight is 283 g/mol. The summed E-state index contributed by atoms with van der Waals surface area (Å²) >= 11 is 0. The number of nitro groups is 2. The molecule has 1 atom stereocenters. The summed E-state index contributed by atoms with van der Waals surface area (Å²) in [6, 6.07) is 3.49. The zero-order chi connectivity index (χ0) is 15.1. The predicted octanol–water partition coefficient (Wildman–Crippen LogP) is 2.32. The van der Waals surface area contributed by atoms with E-state index in [1.165, 1.54) is 12.1 Å². The van der Waals surface area contributed by atoms with Crippen LogP contribution in [-0.4, -0.2) is 28.1 Å². The highest BCUT2D eigenvalue weighted by Crippen LogP contribution is 2.29. The largest absolute Gasteiger partial charge is 0.396 e. The van der Waals surface area contributed by atoms with E-state index in [-0.39, 0.29) is 29.6 Å². The maximum Gasteiger partial charge on any atom is 0.299 e. The van der Waals surface area contributed by atoms with Crippen LogP contribution in [0.5, 0.6) is 0 Å². The quantitative estimate of drug-likeness (QED) is 0.558. The standard InChI is InChI=1S/C12H17N3O5/c1-2-9(8-16)5-6-13-11-4-3-10(14(17)18)7-12(11)15(19)20/h3-4,7,9,13,16H,2,5-6,8H2,1H3. The van der Waals surface area contributed by atoms with Crippen LogP contribution in [-0.2, 0) is 0 Å². The van der Waals surface area contributed by atoms with Gasteiger partial charge in [0.25, 0.3) is 11.4 Å². The Balaban J connectivity index is 2.79. The lowest BCUT2D eigenvalue weighted by Crippen LogP contribution is -2.12. The van der Waals surface area contributed by atoms with E-state index in [2.05, 4.69) is 5.32 Å². The summed E-state index contributed by atoms with van der Waals surface area (Å²) < 4.78 is 0. The maximum absolute atomic E-state index is 10.9. The van der Waals surface area contributed by atoms with Crippen LogP contribution in [0.25, 0.3) is 0 Å². The molecular weight excluding hydrogens is 266 g/mol. The van der Waals surface area contributed by atoms with Crippen molar-refractivity contribution >= 4 is 17.1 Å². The Morgan fingerprint density at radius 3 is 2.50 bits per heavy atom. The molecule has 0 aliphatic heterocycles. The molecule has 1 aromatic rings. The number of nitrogens with one attached hydrogen (secondary N) is 1. The number of aliphatic hydroxyl groups excluding tert-OH is 1. The van der Waals surface area contributed by atoms with Crippen molar-refractivity contribution in [3.05, 3.63) is 38.4 Å². The molecule has 1 rings (SSSR count). The molecule has 20 heavy (non-hydrogen) atoms. The predicted molar refractivity (Wildman–Crippen MR) is 73.7 cm³/mol. The van der Waals surface area contributed by atoms with Gasteiger partial charge in [-0.1, -0.05) is 13.3 Å². The highest BCUT2D eigenvalue weighted by Gasteiger charge is 2.19. The van der Waals surface area contributed by atoms with Crippen LogP contribution in [0.2, 0.25) is 0 Å². The molecule has 110 valence electrons. The molecule has 0 spiro atoms. The zero-order valence-corrected chi connectivity index (χ0v) is 11.1. The van der Waals surface area contributed by atoms with Crippen molar-refractivity contribution in [2.75, 3.05) is 18.5 Å². The smallest absolute Gasteiger partial charge is 0.299 e. The summed E-state index contributed by atoms with van der Waals surface area (Å²) in [5.74, 6) is 0.139. The fraction of sp³-hybridized carbons (Fsp3) is 0.500. The van der Waals surface area contributed by atoms with Gasteiger partial charge in [0.2, 0.25) is 0 Å². The van der Waals surface area contributed by atoms with Crippen molar-refractivity contribution < 1.29 is 15.0 Å². The molecule has 0 aromatic heterocycles. The maximum atomic E-state index is 10.9. The summed E-state index contributed by atoms with van der Waals surface area (Å²) in [6.45, 7) is 2.48. The minimum atomic E-state index is -0.671. The van der Waals surface area contributed by atoms with Gasteiger partial charge in [-0.05, 0) is 18.4 Å². The van der Waals surface area contributed by atoms with E-state index in [1.54, 1.807) is 0 Å². The highest BCUT2D eigenvalue weighted by molar-refractivity contribution is 5.65. The lowest BCUT2D eigenvalue weighted by molar-refractivity contribution is -0.393. The topological polar surface area (TPSA) is 119 Å². The molecule has 0 fully saturated rings. The summed E-state index contributed by atoms with van der Waals surface area (Å²) in [5.41, 5.74) is -0.395. The molecule has 2 N–H and O–H groups in total. The third-order valence-electron chi connectivity index (χ3n) is 3.09. The lowest BCUT2D eigenvalue weighted by atomic mass is 10.0. The van der Waals surface area contributed by atoms with Crippen LogP contribution in [0.4, 0.5) is 17.1 Å². The van der Waals surface area contributed by atoms with Gasteiger partial charge in [0, 0.05) is 19.2 Å². The van der Waals surface area contributed by atoms with E-state index >= 15 is 0 Å². The van der Waals surface area contributed by atoms with Gasteiger partial charge in [-0.15, -0.1) is 0 Å². The highest BCUT2D eigenvalue weighted by atomic mass is 16.6. The van der Waals surface area contributed by atoms with E-state index in [4.69, 9.17) is 5.11 Å². The van der Waals surface area contributed by atoms with Gasteiger partial charge < -0.3 is 10.4 Å². The summed E-state index contributed by atoms with van der Waals surface area (Å²) in [7, 11) is 0. The number of hydrogen-bond donors (Lipinski definition) is 2. The van der Waals surface area contributed by atoms with Gasteiger partial charge in [-0.2, -0.15) is 0 Å². The second-order valence-electron chi connectivity index (χ2n) is 4.39. The molecule has 0 heterocycles. The minimum absolute atomic E-state index is 0.0700. The van der Waals surface area contributed by atoms with Crippen LogP contribution in [0.3, 0.4) is 0 Å². The fourth-order valence-corrected chi connectivity index (χ4v) is 1.77. The third kappa shape index (κ3) is 4.16. The van der Waals surface area contributed by atoms with E-state index in [0.717, 1.165) is 12.5 Å². The Hall–Kier alpha value is -2.22. The Morgan fingerprint density at radius 1 is 1.30 bits per heavy atom. The van der Waals surface area contributed by atoms with Gasteiger partial charge in [-0.25, -0.2) is 0 Å². The number of nitro benzene ring substituents is 2. The molecule has 0 amide bonds. The lowest BCUT2D eigenvalue weighted by Gasteiger charge is -2.12. The SMILES string of the molecule is CCC(CO)CCNc1ccc([N+](=O)[O-])cc1[N+](=O)[O-]. The average Bonchev–Trinajstić information content (AvgIpc) is 2.43. The number of non-ortho nitro benzene ring substituents is 1. The van der Waals surface area contributed by atoms with Crippen LogP contribution >= 0.6 is 0 Å². The summed E-state index contributed by atoms with van der Waals surface area (Å²) in [4.78, 5) is 20.2. The van der Waals surface area contributed by atoms with Gasteiger partial charge in [0.15, 0.2) is 0 Å². The molecule has 1 aromatic carbocycles. The van der Waals surface area contributed by atoms with Crippen molar-refractivity contribution in [3.8, 4) is 0 Å². The van der Waals surface area contributed by atoms with Crippen LogP contribution in [0, 0.1) is 26.1 Å². The zero-order valence-electron chi connectivity index (χ0n) is 11.1. The number of rotatable bonds is 8. The minimum Gasteiger partial charge on any atom is -0.396 e. The van der Waals surface area contributed by atoms with Gasteiger partial charge >= 0.3 is 0 Å². The Bertz CT molecular complexity index is 488. The number of benzene rings is 1. The van der Waals surface area contributed by atoms with Crippen molar-refractivity contribution in [2.45, 2.75) is 19.8 Å². The molecule has 8 heteroatoms. The van der Waals surface area contributed by atoms with Crippen molar-refractivity contribution in [3.63, 3.8) is 0 Å². The molecule has 0 saturated heterocycles. The molecule has 0 saturated carbocycles. The first-order valence-electron chi connectivity index (χ1n) is 6.27. The Morgan fingerprint density at radius 2 is 2.00 bits per heavy atom. The van der Waals surface area contributed by atoms with Gasteiger partial charge in [-0.3, -0.25) is 20.2 Å². The van der Waals surface area contributed by atoms with Crippen molar-refractivity contribution in [2.24, 2.45) is 5.92 Å². The number of anilines is 1. The fourth-order valence-electron chi connectivity index (χ4n) is 1.77. The van der Waals surface area contributed by atoms with Crippen molar-refractivity contribution in [1.29, 1.82) is 0 Å². The van der Waals surface area contributed by atoms with Gasteiger partial charge in [0.1, 0.15) is 5.69 Å². The van der Waals surface area contributed by atoms with Crippen molar-refractivity contribution in [1.82, 2.24) is 0 Å². The van der Waals surface area contributed by atoms with E-state index < -0.39 is 9.85 Å². The summed E-state index contributed by atoms with van der Waals surface area (Å²) in [6.07, 6.45) is 1.49. The second kappa shape index (κ2) is 7.39. The molecule has 8 nitrogen and oxygen atoms in total. The molecular formula is C12H17N3O5. The molecule has 0 aliphatic rings. The van der Waals surface area contributed by atoms with E-state index in [9.17, 15) is 20.2 Å². The molecule has 0 aliphatic carbocycles. The van der Waals surface area contributed by atoms with Crippen LogP contribution in [0.1, 0.15) is 19.8 Å².